The van der Waals surface area contributed by atoms with Crippen LogP contribution in [-0.4, -0.2) is 37.2 Å². The standard InChI is InChI=1S/C16H25N5O/c1-11-12(2)22-16(17-11)10-20-8-6-5-7-15(20)9-21-14(4)18-13(3)19-21/h15H,5-10H2,1-4H3. The molecule has 0 bridgehead atoms. The van der Waals surface area contributed by atoms with Crippen LogP contribution < -0.4 is 0 Å². The van der Waals surface area contributed by atoms with Gasteiger partial charge in [-0.25, -0.2) is 14.6 Å². The Balaban J connectivity index is 1.72. The second-order valence-corrected chi connectivity index (χ2v) is 6.26. The van der Waals surface area contributed by atoms with E-state index < -0.39 is 0 Å². The summed E-state index contributed by atoms with van der Waals surface area (Å²) in [7, 11) is 0. The van der Waals surface area contributed by atoms with Crippen molar-refractivity contribution in [1.29, 1.82) is 0 Å². The normalized spacial score (nSPS) is 19.7. The summed E-state index contributed by atoms with van der Waals surface area (Å²) in [6, 6.07) is 0.473. The maximum Gasteiger partial charge on any atom is 0.208 e. The van der Waals surface area contributed by atoms with Gasteiger partial charge in [0.25, 0.3) is 0 Å². The van der Waals surface area contributed by atoms with Gasteiger partial charge in [-0.3, -0.25) is 4.90 Å². The summed E-state index contributed by atoms with van der Waals surface area (Å²) in [6.45, 7) is 10.7. The van der Waals surface area contributed by atoms with Crippen molar-refractivity contribution in [2.45, 2.75) is 66.1 Å². The number of oxazole rings is 1. The molecule has 0 radical (unpaired) electrons. The van der Waals surface area contributed by atoms with E-state index in [1.54, 1.807) is 0 Å². The fourth-order valence-electron chi connectivity index (χ4n) is 3.19. The summed E-state index contributed by atoms with van der Waals surface area (Å²) < 4.78 is 7.79. The maximum atomic E-state index is 5.76. The van der Waals surface area contributed by atoms with Crippen LogP contribution in [0.1, 0.15) is 48.3 Å². The fourth-order valence-corrected chi connectivity index (χ4v) is 3.19. The van der Waals surface area contributed by atoms with Crippen LogP contribution >= 0.6 is 0 Å². The number of aryl methyl sites for hydroxylation is 4. The molecule has 0 aromatic carbocycles. The Labute approximate surface area is 131 Å². The van der Waals surface area contributed by atoms with Crippen LogP contribution in [0.2, 0.25) is 0 Å². The molecule has 1 saturated heterocycles. The van der Waals surface area contributed by atoms with Crippen molar-refractivity contribution in [2.24, 2.45) is 0 Å². The van der Waals surface area contributed by atoms with Gasteiger partial charge in [-0.15, -0.1) is 0 Å². The molecule has 1 unspecified atom stereocenters. The molecule has 0 aliphatic carbocycles. The van der Waals surface area contributed by atoms with E-state index in [1.165, 1.54) is 19.3 Å². The quantitative estimate of drug-likeness (QED) is 0.868. The van der Waals surface area contributed by atoms with E-state index >= 15 is 0 Å². The van der Waals surface area contributed by atoms with Crippen LogP contribution in [0.3, 0.4) is 0 Å². The summed E-state index contributed by atoms with van der Waals surface area (Å²) in [5.41, 5.74) is 0.992. The molecule has 22 heavy (non-hydrogen) atoms. The third-order valence-electron chi connectivity index (χ3n) is 4.51. The van der Waals surface area contributed by atoms with Crippen molar-refractivity contribution in [1.82, 2.24) is 24.6 Å². The molecule has 0 amide bonds. The van der Waals surface area contributed by atoms with E-state index in [9.17, 15) is 0 Å². The number of rotatable bonds is 4. The molecule has 120 valence electrons. The average Bonchev–Trinajstić information content (AvgIpc) is 2.94. The zero-order chi connectivity index (χ0) is 15.7. The SMILES string of the molecule is Cc1nc(C)n(CC2CCCCN2Cc2nc(C)c(C)o2)n1. The Morgan fingerprint density at radius 1 is 1.14 bits per heavy atom. The zero-order valence-electron chi connectivity index (χ0n) is 14.0. The summed E-state index contributed by atoms with van der Waals surface area (Å²) in [6.07, 6.45) is 3.71. The lowest BCUT2D eigenvalue weighted by molar-refractivity contribution is 0.110. The minimum atomic E-state index is 0.473. The molecule has 6 nitrogen and oxygen atoms in total. The topological polar surface area (TPSA) is 60.0 Å². The molecule has 2 aromatic heterocycles. The molecule has 0 saturated carbocycles. The second kappa shape index (κ2) is 6.20. The van der Waals surface area contributed by atoms with Crippen LogP contribution in [0.25, 0.3) is 0 Å². The Hall–Kier alpha value is -1.69. The number of nitrogens with zero attached hydrogens (tertiary/aromatic N) is 5. The minimum Gasteiger partial charge on any atom is -0.444 e. The van der Waals surface area contributed by atoms with Gasteiger partial charge in [0, 0.05) is 6.04 Å². The predicted octanol–water partition coefficient (Wildman–Crippen LogP) is 2.55. The smallest absolute Gasteiger partial charge is 0.208 e. The number of aromatic nitrogens is 4. The lowest BCUT2D eigenvalue weighted by Crippen LogP contribution is -2.42. The Morgan fingerprint density at radius 2 is 1.95 bits per heavy atom. The largest absolute Gasteiger partial charge is 0.444 e. The molecule has 0 spiro atoms. The van der Waals surface area contributed by atoms with Gasteiger partial charge >= 0.3 is 0 Å². The third kappa shape index (κ3) is 3.21. The van der Waals surface area contributed by atoms with Crippen molar-refractivity contribution in [2.75, 3.05) is 6.54 Å². The highest BCUT2D eigenvalue weighted by molar-refractivity contribution is 5.05. The lowest BCUT2D eigenvalue weighted by atomic mass is 10.0. The highest BCUT2D eigenvalue weighted by atomic mass is 16.4. The molecule has 1 atom stereocenters. The van der Waals surface area contributed by atoms with Crippen molar-refractivity contribution in [3.05, 3.63) is 29.0 Å². The van der Waals surface area contributed by atoms with Crippen LogP contribution in [0.4, 0.5) is 0 Å². The molecule has 3 rings (SSSR count). The third-order valence-corrected chi connectivity index (χ3v) is 4.51. The van der Waals surface area contributed by atoms with E-state index in [4.69, 9.17) is 4.42 Å². The molecule has 2 aromatic rings. The van der Waals surface area contributed by atoms with Gasteiger partial charge in [0.15, 0.2) is 0 Å². The van der Waals surface area contributed by atoms with Gasteiger partial charge in [0.05, 0.1) is 18.8 Å². The molecular weight excluding hydrogens is 278 g/mol. The maximum absolute atomic E-state index is 5.76. The molecule has 1 fully saturated rings. The number of hydrogen-bond acceptors (Lipinski definition) is 5. The van der Waals surface area contributed by atoms with Crippen molar-refractivity contribution >= 4 is 0 Å². The highest BCUT2D eigenvalue weighted by Gasteiger charge is 2.25. The first kappa shape index (κ1) is 15.2. The molecule has 1 aliphatic rings. The number of likely N-dealkylation sites (tertiary alicyclic amines) is 1. The van der Waals surface area contributed by atoms with Crippen molar-refractivity contribution in [3.8, 4) is 0 Å². The average molecular weight is 303 g/mol. The van der Waals surface area contributed by atoms with Gasteiger partial charge in [0.1, 0.15) is 17.4 Å². The summed E-state index contributed by atoms with van der Waals surface area (Å²) in [5.74, 6) is 3.59. The van der Waals surface area contributed by atoms with E-state index in [2.05, 4.69) is 20.0 Å². The summed E-state index contributed by atoms with van der Waals surface area (Å²) in [5, 5.41) is 4.50. The lowest BCUT2D eigenvalue weighted by Gasteiger charge is -2.34. The van der Waals surface area contributed by atoms with E-state index in [0.29, 0.717) is 6.04 Å². The van der Waals surface area contributed by atoms with Gasteiger partial charge in [0.2, 0.25) is 5.89 Å². The Bertz CT molecular complexity index is 626. The first-order valence-corrected chi connectivity index (χ1v) is 8.08. The molecule has 3 heterocycles. The van der Waals surface area contributed by atoms with Gasteiger partial charge in [-0.1, -0.05) is 6.42 Å². The van der Waals surface area contributed by atoms with Gasteiger partial charge in [-0.05, 0) is 47.1 Å². The minimum absolute atomic E-state index is 0.473. The van der Waals surface area contributed by atoms with E-state index in [0.717, 1.165) is 48.6 Å². The first-order valence-electron chi connectivity index (χ1n) is 8.08. The molecule has 6 heteroatoms. The van der Waals surface area contributed by atoms with Crippen LogP contribution in [-0.2, 0) is 13.1 Å². The first-order chi connectivity index (χ1) is 10.5. The Kier molecular flexibility index (Phi) is 4.29. The van der Waals surface area contributed by atoms with Crippen LogP contribution in [0.15, 0.2) is 4.42 Å². The number of piperidine rings is 1. The van der Waals surface area contributed by atoms with Crippen molar-refractivity contribution in [3.63, 3.8) is 0 Å². The van der Waals surface area contributed by atoms with Crippen molar-refractivity contribution < 1.29 is 4.42 Å². The highest BCUT2D eigenvalue weighted by Crippen LogP contribution is 2.22. The predicted molar refractivity (Wildman–Crippen MR) is 83.5 cm³/mol. The van der Waals surface area contributed by atoms with Gasteiger partial charge < -0.3 is 4.42 Å². The Morgan fingerprint density at radius 3 is 2.59 bits per heavy atom. The fraction of sp³-hybridized carbons (Fsp3) is 0.688. The summed E-state index contributed by atoms with van der Waals surface area (Å²) >= 11 is 0. The van der Waals surface area contributed by atoms with Gasteiger partial charge in [-0.2, -0.15) is 5.10 Å². The summed E-state index contributed by atoms with van der Waals surface area (Å²) in [4.78, 5) is 11.4. The van der Waals surface area contributed by atoms with E-state index in [-0.39, 0.29) is 0 Å². The molecular formula is C16H25N5O. The molecule has 0 N–H and O–H groups in total. The molecule has 1 aliphatic heterocycles. The zero-order valence-corrected chi connectivity index (χ0v) is 14.0. The van der Waals surface area contributed by atoms with Crippen LogP contribution in [0, 0.1) is 27.7 Å². The monoisotopic (exact) mass is 303 g/mol. The van der Waals surface area contributed by atoms with E-state index in [1.807, 2.05) is 32.4 Å². The second-order valence-electron chi connectivity index (χ2n) is 6.26. The number of hydrogen-bond donors (Lipinski definition) is 0. The van der Waals surface area contributed by atoms with Crippen LogP contribution in [0.5, 0.6) is 0 Å².